The normalized spacial score (nSPS) is 21.6. The largest absolute Gasteiger partial charge is 0.491 e. The lowest BCUT2D eigenvalue weighted by molar-refractivity contribution is -0.131. The molecule has 132 valence electrons. The van der Waals surface area contributed by atoms with Crippen molar-refractivity contribution in [3.05, 3.63) is 29.8 Å². The minimum Gasteiger partial charge on any atom is -0.491 e. The third-order valence-electron chi connectivity index (χ3n) is 5.04. The third kappa shape index (κ3) is 4.29. The van der Waals surface area contributed by atoms with Gasteiger partial charge in [-0.25, -0.2) is 0 Å². The van der Waals surface area contributed by atoms with Crippen LogP contribution in [0.2, 0.25) is 0 Å². The topological polar surface area (TPSA) is 32.8 Å². The Morgan fingerprint density at radius 1 is 1.17 bits per heavy atom. The van der Waals surface area contributed by atoms with Gasteiger partial charge in [-0.2, -0.15) is 0 Å². The molecule has 0 N–H and O–H groups in total. The lowest BCUT2D eigenvalue weighted by atomic mass is 10.1. The molecule has 0 aliphatic carbocycles. The van der Waals surface area contributed by atoms with Crippen LogP contribution in [-0.2, 0) is 11.2 Å². The van der Waals surface area contributed by atoms with Gasteiger partial charge in [0.15, 0.2) is 0 Å². The number of para-hydroxylation sites is 1. The van der Waals surface area contributed by atoms with Crippen molar-refractivity contribution in [3.8, 4) is 5.75 Å². The highest BCUT2D eigenvalue weighted by Gasteiger charge is 2.31. The first-order valence-corrected chi connectivity index (χ1v) is 9.40. The lowest BCUT2D eigenvalue weighted by Gasteiger charge is -2.29. The number of hydrogen-bond acceptors (Lipinski definition) is 3. The Morgan fingerprint density at radius 2 is 1.92 bits per heavy atom. The molecule has 2 aliphatic rings. The summed E-state index contributed by atoms with van der Waals surface area (Å²) in [4.78, 5) is 17.5. The van der Waals surface area contributed by atoms with Crippen molar-refractivity contribution in [1.29, 1.82) is 0 Å². The summed E-state index contributed by atoms with van der Waals surface area (Å²) in [6.45, 7) is 8.39. The Hall–Kier alpha value is -1.55. The number of benzene rings is 1. The quantitative estimate of drug-likeness (QED) is 0.803. The first-order chi connectivity index (χ1) is 11.6. The van der Waals surface area contributed by atoms with Crippen LogP contribution in [0.3, 0.4) is 0 Å². The second kappa shape index (κ2) is 8.02. The monoisotopic (exact) mass is 330 g/mol. The number of nitrogens with zero attached hydrogens (tertiary/aromatic N) is 2. The fourth-order valence-corrected chi connectivity index (χ4v) is 3.90. The number of likely N-dealkylation sites (tertiary alicyclic amines) is 2. The van der Waals surface area contributed by atoms with Crippen LogP contribution in [0.1, 0.15) is 45.1 Å². The summed E-state index contributed by atoms with van der Waals surface area (Å²) in [6.07, 6.45) is 5.46. The SMILES string of the molecule is CC(C)Oc1ccccc1CC(=O)N1CCCC1CN1CCCC1. The van der Waals surface area contributed by atoms with Crippen molar-refractivity contribution in [3.63, 3.8) is 0 Å². The van der Waals surface area contributed by atoms with Gasteiger partial charge in [0.25, 0.3) is 0 Å². The van der Waals surface area contributed by atoms with Crippen molar-refractivity contribution < 1.29 is 9.53 Å². The van der Waals surface area contributed by atoms with Crippen LogP contribution in [0.5, 0.6) is 5.75 Å². The van der Waals surface area contributed by atoms with E-state index in [4.69, 9.17) is 4.74 Å². The molecule has 4 heteroatoms. The van der Waals surface area contributed by atoms with Gasteiger partial charge in [-0.15, -0.1) is 0 Å². The van der Waals surface area contributed by atoms with Gasteiger partial charge in [0.2, 0.25) is 5.91 Å². The van der Waals surface area contributed by atoms with Gasteiger partial charge in [0.1, 0.15) is 5.75 Å². The molecule has 2 heterocycles. The molecule has 0 spiro atoms. The predicted octanol–water partition coefficient (Wildman–Crippen LogP) is 3.10. The van der Waals surface area contributed by atoms with E-state index in [1.165, 1.54) is 25.9 Å². The molecule has 0 radical (unpaired) electrons. The van der Waals surface area contributed by atoms with E-state index in [0.717, 1.165) is 37.2 Å². The average Bonchev–Trinajstić information content (AvgIpc) is 3.21. The van der Waals surface area contributed by atoms with E-state index < -0.39 is 0 Å². The van der Waals surface area contributed by atoms with Gasteiger partial charge < -0.3 is 14.5 Å². The molecule has 0 saturated carbocycles. The molecule has 0 aromatic heterocycles. The van der Waals surface area contributed by atoms with E-state index in [1.54, 1.807) is 0 Å². The van der Waals surface area contributed by atoms with Crippen molar-refractivity contribution in [2.24, 2.45) is 0 Å². The standard InChI is InChI=1S/C20H30N2O2/c1-16(2)24-19-10-4-3-8-17(19)14-20(23)22-13-7-9-18(22)15-21-11-5-6-12-21/h3-4,8,10,16,18H,5-7,9,11-15H2,1-2H3. The molecule has 2 aliphatic heterocycles. The number of carbonyl (C=O) groups excluding carboxylic acids is 1. The van der Waals surface area contributed by atoms with Crippen molar-refractivity contribution in [2.75, 3.05) is 26.2 Å². The third-order valence-corrected chi connectivity index (χ3v) is 5.04. The summed E-state index contributed by atoms with van der Waals surface area (Å²) in [5, 5.41) is 0. The van der Waals surface area contributed by atoms with Crippen LogP contribution < -0.4 is 4.74 Å². The molecule has 1 atom stereocenters. The Bertz CT molecular complexity index is 552. The van der Waals surface area contributed by atoms with Gasteiger partial charge in [-0.1, -0.05) is 18.2 Å². The molecular formula is C20H30N2O2. The molecule has 2 saturated heterocycles. The fraction of sp³-hybridized carbons (Fsp3) is 0.650. The number of amides is 1. The summed E-state index contributed by atoms with van der Waals surface area (Å²) in [6, 6.07) is 8.34. The van der Waals surface area contributed by atoms with E-state index >= 15 is 0 Å². The summed E-state index contributed by atoms with van der Waals surface area (Å²) in [7, 11) is 0. The van der Waals surface area contributed by atoms with Gasteiger partial charge in [0.05, 0.1) is 12.5 Å². The maximum absolute atomic E-state index is 12.9. The highest BCUT2D eigenvalue weighted by Crippen LogP contribution is 2.24. The van der Waals surface area contributed by atoms with E-state index in [1.807, 2.05) is 38.1 Å². The molecule has 3 rings (SSSR count). The molecule has 1 amide bonds. The second-order valence-electron chi connectivity index (χ2n) is 7.34. The lowest BCUT2D eigenvalue weighted by Crippen LogP contribution is -2.43. The minimum absolute atomic E-state index is 0.121. The predicted molar refractivity (Wildman–Crippen MR) is 96.3 cm³/mol. The number of ether oxygens (including phenoxy) is 1. The second-order valence-corrected chi connectivity index (χ2v) is 7.34. The fourth-order valence-electron chi connectivity index (χ4n) is 3.90. The summed E-state index contributed by atoms with van der Waals surface area (Å²) >= 11 is 0. The molecule has 1 aromatic carbocycles. The molecule has 4 nitrogen and oxygen atoms in total. The van der Waals surface area contributed by atoms with Crippen LogP contribution >= 0.6 is 0 Å². The summed E-state index contributed by atoms with van der Waals surface area (Å²) < 4.78 is 5.86. The number of rotatable bonds is 6. The van der Waals surface area contributed by atoms with E-state index in [-0.39, 0.29) is 12.0 Å². The van der Waals surface area contributed by atoms with Crippen molar-refractivity contribution in [2.45, 2.75) is 58.1 Å². The first kappa shape index (κ1) is 17.3. The van der Waals surface area contributed by atoms with Crippen LogP contribution in [0.15, 0.2) is 24.3 Å². The first-order valence-electron chi connectivity index (χ1n) is 9.40. The molecule has 24 heavy (non-hydrogen) atoms. The molecule has 0 bridgehead atoms. The Kier molecular flexibility index (Phi) is 5.77. The van der Waals surface area contributed by atoms with Crippen LogP contribution in [-0.4, -0.2) is 54.0 Å². The summed E-state index contributed by atoms with van der Waals surface area (Å²) in [5.41, 5.74) is 1.00. The molecular weight excluding hydrogens is 300 g/mol. The summed E-state index contributed by atoms with van der Waals surface area (Å²) in [5.74, 6) is 1.09. The Morgan fingerprint density at radius 3 is 2.67 bits per heavy atom. The van der Waals surface area contributed by atoms with E-state index in [2.05, 4.69) is 9.80 Å². The average molecular weight is 330 g/mol. The Labute approximate surface area is 145 Å². The number of carbonyl (C=O) groups is 1. The zero-order valence-corrected chi connectivity index (χ0v) is 15.0. The molecule has 1 unspecified atom stereocenters. The van der Waals surface area contributed by atoms with Gasteiger partial charge >= 0.3 is 0 Å². The maximum atomic E-state index is 12.9. The Balaban J connectivity index is 1.63. The zero-order valence-electron chi connectivity index (χ0n) is 15.0. The highest BCUT2D eigenvalue weighted by atomic mass is 16.5. The smallest absolute Gasteiger partial charge is 0.227 e. The van der Waals surface area contributed by atoms with Crippen LogP contribution in [0, 0.1) is 0 Å². The van der Waals surface area contributed by atoms with Crippen molar-refractivity contribution in [1.82, 2.24) is 9.80 Å². The van der Waals surface area contributed by atoms with E-state index in [0.29, 0.717) is 12.5 Å². The zero-order chi connectivity index (χ0) is 16.9. The van der Waals surface area contributed by atoms with Gasteiger partial charge in [-0.3, -0.25) is 4.79 Å². The molecule has 1 aromatic rings. The van der Waals surface area contributed by atoms with Gasteiger partial charge in [-0.05, 0) is 58.7 Å². The minimum atomic E-state index is 0.121. The highest BCUT2D eigenvalue weighted by molar-refractivity contribution is 5.80. The van der Waals surface area contributed by atoms with Gasteiger partial charge in [0, 0.05) is 24.7 Å². The molecule has 2 fully saturated rings. The van der Waals surface area contributed by atoms with Crippen LogP contribution in [0.25, 0.3) is 0 Å². The van der Waals surface area contributed by atoms with Crippen LogP contribution in [0.4, 0.5) is 0 Å². The maximum Gasteiger partial charge on any atom is 0.227 e. The van der Waals surface area contributed by atoms with Crippen molar-refractivity contribution >= 4 is 5.91 Å². The van der Waals surface area contributed by atoms with E-state index in [9.17, 15) is 4.79 Å². The number of hydrogen-bond donors (Lipinski definition) is 0.